The van der Waals surface area contributed by atoms with Crippen molar-refractivity contribution in [3.05, 3.63) is 47.8 Å². The van der Waals surface area contributed by atoms with E-state index in [9.17, 15) is 18.0 Å². The summed E-state index contributed by atoms with van der Waals surface area (Å²) >= 11 is 0. The molecular weight excluding hydrogens is 437 g/mol. The Labute approximate surface area is 191 Å². The number of hydrogen-bond acceptors (Lipinski definition) is 5. The summed E-state index contributed by atoms with van der Waals surface area (Å²) in [5.41, 5.74) is 0.909. The minimum atomic E-state index is -4.76. The molecule has 0 bridgehead atoms. The number of ether oxygens (including phenoxy) is 2. The Morgan fingerprint density at radius 3 is 2.55 bits per heavy atom. The highest BCUT2D eigenvalue weighted by Gasteiger charge is 2.34. The van der Waals surface area contributed by atoms with Gasteiger partial charge in [0.2, 0.25) is 0 Å². The Bertz CT molecular complexity index is 935. The van der Waals surface area contributed by atoms with Gasteiger partial charge in [-0.15, -0.1) is 13.2 Å². The molecule has 1 aromatic carbocycles. The van der Waals surface area contributed by atoms with E-state index in [-0.39, 0.29) is 24.2 Å². The van der Waals surface area contributed by atoms with Crippen LogP contribution in [0.3, 0.4) is 0 Å². The smallest absolute Gasteiger partial charge is 0.406 e. The number of aryl methyl sites for hydroxylation is 1. The zero-order valence-electron chi connectivity index (χ0n) is 18.6. The van der Waals surface area contributed by atoms with Gasteiger partial charge in [-0.3, -0.25) is 14.4 Å². The molecule has 1 aliphatic heterocycles. The normalized spacial score (nSPS) is 22.2. The molecule has 1 amide bonds. The van der Waals surface area contributed by atoms with Gasteiger partial charge in [-0.1, -0.05) is 12.1 Å². The summed E-state index contributed by atoms with van der Waals surface area (Å²) in [5, 5.41) is 4.25. The first kappa shape index (κ1) is 23.6. The van der Waals surface area contributed by atoms with Crippen molar-refractivity contribution >= 4 is 5.91 Å². The molecule has 0 spiro atoms. The van der Waals surface area contributed by atoms with E-state index in [1.807, 2.05) is 0 Å². The molecule has 2 aliphatic rings. The van der Waals surface area contributed by atoms with Crippen LogP contribution in [0.15, 0.2) is 36.5 Å². The molecule has 4 rings (SSSR count). The monoisotopic (exact) mass is 466 g/mol. The Balaban J connectivity index is 1.49. The lowest BCUT2D eigenvalue weighted by molar-refractivity contribution is -0.274. The second-order valence-electron chi connectivity index (χ2n) is 8.61. The molecule has 180 valence electrons. The highest BCUT2D eigenvalue weighted by molar-refractivity contribution is 5.92. The number of rotatable bonds is 6. The van der Waals surface area contributed by atoms with E-state index in [4.69, 9.17) is 4.74 Å². The first-order chi connectivity index (χ1) is 15.8. The lowest BCUT2D eigenvalue weighted by Crippen LogP contribution is -2.48. The predicted octanol–water partition coefficient (Wildman–Crippen LogP) is 3.60. The van der Waals surface area contributed by atoms with Crippen LogP contribution in [0.4, 0.5) is 13.2 Å². The van der Waals surface area contributed by atoms with E-state index < -0.39 is 6.36 Å². The van der Waals surface area contributed by atoms with Crippen molar-refractivity contribution in [1.29, 1.82) is 0 Å². The Hall–Kier alpha value is -2.59. The lowest BCUT2D eigenvalue weighted by Gasteiger charge is -2.41. The standard InChI is InChI=1S/C23H29F3N4O3/c1-28-10-9-21(27-28)22(31)30(16-17-3-2-4-20(15-17)33-23(24,25)26)19-7-5-18(6-8-19)29-11-13-32-14-12-29/h2-4,9-10,15,18-19H,5-8,11-14,16H2,1H3. The van der Waals surface area contributed by atoms with Gasteiger partial charge in [0.1, 0.15) is 11.4 Å². The number of hydrogen-bond donors (Lipinski definition) is 0. The summed E-state index contributed by atoms with van der Waals surface area (Å²) in [6.45, 7) is 3.55. The van der Waals surface area contributed by atoms with E-state index >= 15 is 0 Å². The van der Waals surface area contributed by atoms with Crippen molar-refractivity contribution in [3.63, 3.8) is 0 Å². The summed E-state index contributed by atoms with van der Waals surface area (Å²) in [6, 6.07) is 7.94. The van der Waals surface area contributed by atoms with Gasteiger partial charge in [0.05, 0.1) is 13.2 Å². The van der Waals surface area contributed by atoms with Crippen molar-refractivity contribution in [2.75, 3.05) is 26.3 Å². The number of carbonyl (C=O) groups is 1. The molecule has 1 saturated carbocycles. The van der Waals surface area contributed by atoms with Gasteiger partial charge >= 0.3 is 6.36 Å². The van der Waals surface area contributed by atoms with Crippen LogP contribution in [0.5, 0.6) is 5.75 Å². The van der Waals surface area contributed by atoms with Gasteiger partial charge in [0, 0.05) is 45.0 Å². The number of amides is 1. The van der Waals surface area contributed by atoms with Crippen molar-refractivity contribution in [1.82, 2.24) is 19.6 Å². The molecule has 1 aliphatic carbocycles. The van der Waals surface area contributed by atoms with Crippen LogP contribution in [0.1, 0.15) is 41.7 Å². The fourth-order valence-corrected chi connectivity index (χ4v) is 4.76. The zero-order chi connectivity index (χ0) is 23.4. The zero-order valence-corrected chi connectivity index (χ0v) is 18.6. The maximum Gasteiger partial charge on any atom is 0.573 e. The highest BCUT2D eigenvalue weighted by Crippen LogP contribution is 2.30. The molecule has 0 unspecified atom stereocenters. The topological polar surface area (TPSA) is 59.8 Å². The SMILES string of the molecule is Cn1ccc(C(=O)N(Cc2cccc(OC(F)(F)F)c2)C2CCC(N3CCOCC3)CC2)n1. The maximum absolute atomic E-state index is 13.4. The number of benzene rings is 1. The van der Waals surface area contributed by atoms with Gasteiger partial charge < -0.3 is 14.4 Å². The fourth-order valence-electron chi connectivity index (χ4n) is 4.76. The molecule has 1 aromatic heterocycles. The summed E-state index contributed by atoms with van der Waals surface area (Å²) < 4.78 is 49.1. The summed E-state index contributed by atoms with van der Waals surface area (Å²) in [5.74, 6) is -0.506. The third-order valence-electron chi connectivity index (χ3n) is 6.35. The number of alkyl halides is 3. The molecule has 2 heterocycles. The number of halogens is 3. The third kappa shape index (κ3) is 6.26. The van der Waals surface area contributed by atoms with Crippen LogP contribution in [-0.2, 0) is 18.3 Å². The van der Waals surface area contributed by atoms with Crippen LogP contribution in [-0.4, -0.2) is 70.2 Å². The van der Waals surface area contributed by atoms with E-state index in [0.29, 0.717) is 17.3 Å². The Morgan fingerprint density at radius 1 is 1.18 bits per heavy atom. The second kappa shape index (κ2) is 10.1. The van der Waals surface area contributed by atoms with Gasteiger partial charge in [0.15, 0.2) is 0 Å². The number of nitrogens with zero attached hydrogens (tertiary/aromatic N) is 4. The number of carbonyl (C=O) groups excluding carboxylic acids is 1. The molecule has 0 N–H and O–H groups in total. The average molecular weight is 467 g/mol. The van der Waals surface area contributed by atoms with Gasteiger partial charge in [-0.05, 0) is 49.4 Å². The summed E-state index contributed by atoms with van der Waals surface area (Å²) in [7, 11) is 1.74. The van der Waals surface area contributed by atoms with E-state index in [1.54, 1.807) is 35.0 Å². The maximum atomic E-state index is 13.4. The third-order valence-corrected chi connectivity index (χ3v) is 6.35. The van der Waals surface area contributed by atoms with Crippen molar-refractivity contribution in [2.45, 2.75) is 50.7 Å². The van der Waals surface area contributed by atoms with Gasteiger partial charge in [-0.2, -0.15) is 5.10 Å². The summed E-state index contributed by atoms with van der Waals surface area (Å²) in [6.07, 6.45) is 0.541. The molecule has 7 nitrogen and oxygen atoms in total. The average Bonchev–Trinajstić information content (AvgIpc) is 3.23. The van der Waals surface area contributed by atoms with E-state index in [0.717, 1.165) is 52.0 Å². The van der Waals surface area contributed by atoms with Gasteiger partial charge in [-0.25, -0.2) is 0 Å². The molecular formula is C23H29F3N4O3. The fraction of sp³-hybridized carbons (Fsp3) is 0.565. The molecule has 1 saturated heterocycles. The Morgan fingerprint density at radius 2 is 1.91 bits per heavy atom. The quantitative estimate of drug-likeness (QED) is 0.651. The van der Waals surface area contributed by atoms with Crippen LogP contribution >= 0.6 is 0 Å². The van der Waals surface area contributed by atoms with Crippen LogP contribution < -0.4 is 4.74 Å². The van der Waals surface area contributed by atoms with Crippen LogP contribution in [0.2, 0.25) is 0 Å². The second-order valence-corrected chi connectivity index (χ2v) is 8.61. The minimum absolute atomic E-state index is 0.0102. The Kier molecular flexibility index (Phi) is 7.23. The molecule has 0 atom stereocenters. The van der Waals surface area contributed by atoms with Crippen molar-refractivity contribution < 1.29 is 27.4 Å². The van der Waals surface area contributed by atoms with Crippen molar-refractivity contribution in [3.8, 4) is 5.75 Å². The first-order valence-corrected chi connectivity index (χ1v) is 11.3. The molecule has 0 radical (unpaired) electrons. The number of aromatic nitrogens is 2. The summed E-state index contributed by atoms with van der Waals surface area (Å²) in [4.78, 5) is 17.6. The molecule has 2 aromatic rings. The van der Waals surface area contributed by atoms with E-state index in [2.05, 4.69) is 14.7 Å². The molecule has 33 heavy (non-hydrogen) atoms. The molecule has 2 fully saturated rings. The predicted molar refractivity (Wildman–Crippen MR) is 115 cm³/mol. The lowest BCUT2D eigenvalue weighted by atomic mass is 9.88. The van der Waals surface area contributed by atoms with Gasteiger partial charge in [0.25, 0.3) is 5.91 Å². The highest BCUT2D eigenvalue weighted by atomic mass is 19.4. The minimum Gasteiger partial charge on any atom is -0.406 e. The number of morpholine rings is 1. The molecule has 10 heteroatoms. The van der Waals surface area contributed by atoms with Crippen LogP contribution in [0.25, 0.3) is 0 Å². The first-order valence-electron chi connectivity index (χ1n) is 11.3. The van der Waals surface area contributed by atoms with Crippen molar-refractivity contribution in [2.24, 2.45) is 7.05 Å². The van der Waals surface area contributed by atoms with E-state index in [1.165, 1.54) is 18.2 Å². The van der Waals surface area contributed by atoms with Crippen LogP contribution in [0, 0.1) is 0 Å². The largest absolute Gasteiger partial charge is 0.573 e.